The fraction of sp³-hybridized carbons (Fsp3) is 0.455. The highest BCUT2D eigenvalue weighted by molar-refractivity contribution is 6.32. The van der Waals surface area contributed by atoms with E-state index in [9.17, 15) is 5.11 Å². The van der Waals surface area contributed by atoms with Crippen LogP contribution >= 0.6 is 11.6 Å². The van der Waals surface area contributed by atoms with Crippen molar-refractivity contribution in [3.8, 4) is 11.5 Å². The third-order valence-electron chi connectivity index (χ3n) is 2.07. The molecule has 0 unspecified atom stereocenters. The predicted octanol–water partition coefficient (Wildman–Crippen LogP) is 3.45. The Hall–Kier alpha value is -0.890. The Balaban J connectivity index is 3.06. The van der Waals surface area contributed by atoms with Crippen molar-refractivity contribution in [2.45, 2.75) is 27.2 Å². The minimum atomic E-state index is 0.147. The molecule has 0 saturated carbocycles. The van der Waals surface area contributed by atoms with E-state index in [1.165, 1.54) is 0 Å². The number of aromatic hydroxyl groups is 1. The average molecular weight is 215 g/mol. The lowest BCUT2D eigenvalue weighted by Crippen LogP contribution is -1.97. The third-order valence-corrected chi connectivity index (χ3v) is 2.65. The summed E-state index contributed by atoms with van der Waals surface area (Å²) in [5, 5.41) is 10.3. The largest absolute Gasteiger partial charge is 0.504 e. The van der Waals surface area contributed by atoms with E-state index in [1.807, 2.05) is 13.8 Å². The van der Waals surface area contributed by atoms with E-state index in [0.717, 1.165) is 12.0 Å². The van der Waals surface area contributed by atoms with Crippen LogP contribution in [0.2, 0.25) is 5.02 Å². The quantitative estimate of drug-likeness (QED) is 0.835. The first-order valence-corrected chi connectivity index (χ1v) is 5.07. The molecule has 14 heavy (non-hydrogen) atoms. The summed E-state index contributed by atoms with van der Waals surface area (Å²) in [7, 11) is 0. The highest BCUT2D eigenvalue weighted by Crippen LogP contribution is 2.36. The average Bonchev–Trinajstić information content (AvgIpc) is 2.18. The fourth-order valence-electron chi connectivity index (χ4n) is 1.23. The van der Waals surface area contributed by atoms with Crippen molar-refractivity contribution in [3.05, 3.63) is 22.2 Å². The molecule has 78 valence electrons. The minimum Gasteiger partial charge on any atom is -0.504 e. The highest BCUT2D eigenvalue weighted by Gasteiger charge is 2.11. The van der Waals surface area contributed by atoms with Crippen LogP contribution in [0.4, 0.5) is 0 Å². The van der Waals surface area contributed by atoms with Crippen LogP contribution in [-0.4, -0.2) is 11.7 Å². The minimum absolute atomic E-state index is 0.147. The smallest absolute Gasteiger partial charge is 0.162 e. The number of phenolic OH excluding ortho intramolecular Hbond substituents is 1. The molecule has 0 aromatic heterocycles. The number of rotatable bonds is 3. The van der Waals surface area contributed by atoms with Crippen molar-refractivity contribution in [3.63, 3.8) is 0 Å². The molecule has 0 saturated heterocycles. The Morgan fingerprint density at radius 2 is 2.07 bits per heavy atom. The Kier molecular flexibility index (Phi) is 3.64. The predicted molar refractivity (Wildman–Crippen MR) is 58.4 cm³/mol. The lowest BCUT2D eigenvalue weighted by atomic mass is 10.1. The molecule has 0 atom stereocenters. The van der Waals surface area contributed by atoms with E-state index in [-0.39, 0.29) is 5.75 Å². The Labute approximate surface area is 89.5 Å². The fourth-order valence-corrected chi connectivity index (χ4v) is 1.38. The second-order valence-corrected chi connectivity index (χ2v) is 3.71. The number of halogens is 1. The van der Waals surface area contributed by atoms with Gasteiger partial charge in [-0.25, -0.2) is 0 Å². The van der Waals surface area contributed by atoms with Gasteiger partial charge in [-0.15, -0.1) is 0 Å². The van der Waals surface area contributed by atoms with Crippen molar-refractivity contribution in [2.75, 3.05) is 6.61 Å². The molecule has 3 heteroatoms. The van der Waals surface area contributed by atoms with Gasteiger partial charge in [-0.1, -0.05) is 18.5 Å². The summed E-state index contributed by atoms with van der Waals surface area (Å²) < 4.78 is 5.39. The summed E-state index contributed by atoms with van der Waals surface area (Å²) in [6.07, 6.45) is 0.917. The number of hydrogen-bond donors (Lipinski definition) is 1. The zero-order valence-electron chi connectivity index (χ0n) is 8.72. The molecule has 0 bridgehead atoms. The second kappa shape index (κ2) is 4.56. The van der Waals surface area contributed by atoms with Gasteiger partial charge >= 0.3 is 0 Å². The van der Waals surface area contributed by atoms with Crippen molar-refractivity contribution in [1.82, 2.24) is 0 Å². The Bertz CT molecular complexity index is 335. The van der Waals surface area contributed by atoms with Crippen molar-refractivity contribution in [2.24, 2.45) is 0 Å². The monoisotopic (exact) mass is 214 g/mol. The van der Waals surface area contributed by atoms with Crippen LogP contribution in [0.3, 0.4) is 0 Å². The molecule has 0 aliphatic rings. The second-order valence-electron chi connectivity index (χ2n) is 3.33. The van der Waals surface area contributed by atoms with E-state index in [4.69, 9.17) is 16.3 Å². The van der Waals surface area contributed by atoms with Gasteiger partial charge in [0.1, 0.15) is 0 Å². The maximum Gasteiger partial charge on any atom is 0.162 e. The van der Waals surface area contributed by atoms with Crippen LogP contribution in [0.5, 0.6) is 11.5 Å². The van der Waals surface area contributed by atoms with Crippen LogP contribution < -0.4 is 4.74 Å². The number of aryl methyl sites for hydroxylation is 1. The molecule has 0 radical (unpaired) electrons. The van der Waals surface area contributed by atoms with Gasteiger partial charge in [-0.05, 0) is 31.9 Å². The summed E-state index contributed by atoms with van der Waals surface area (Å²) in [5.74, 6) is 0.667. The summed E-state index contributed by atoms with van der Waals surface area (Å²) >= 11 is 5.97. The molecular weight excluding hydrogens is 200 g/mol. The lowest BCUT2D eigenvalue weighted by Gasteiger charge is -2.11. The number of ether oxygens (including phenoxy) is 1. The lowest BCUT2D eigenvalue weighted by molar-refractivity contribution is 0.298. The van der Waals surface area contributed by atoms with Crippen molar-refractivity contribution in [1.29, 1.82) is 0 Å². The van der Waals surface area contributed by atoms with Gasteiger partial charge in [0, 0.05) is 5.56 Å². The third kappa shape index (κ3) is 2.13. The van der Waals surface area contributed by atoms with Crippen LogP contribution in [-0.2, 0) is 0 Å². The van der Waals surface area contributed by atoms with Crippen molar-refractivity contribution >= 4 is 11.6 Å². The van der Waals surface area contributed by atoms with E-state index in [2.05, 4.69) is 0 Å². The van der Waals surface area contributed by atoms with E-state index < -0.39 is 0 Å². The number of benzene rings is 1. The number of hydrogen-bond acceptors (Lipinski definition) is 2. The van der Waals surface area contributed by atoms with Crippen LogP contribution in [0, 0.1) is 13.8 Å². The molecule has 2 nitrogen and oxygen atoms in total. The van der Waals surface area contributed by atoms with E-state index in [1.54, 1.807) is 13.0 Å². The summed E-state index contributed by atoms with van der Waals surface area (Å²) in [6, 6.07) is 1.76. The molecule has 0 fully saturated rings. The molecule has 1 rings (SSSR count). The Morgan fingerprint density at radius 1 is 1.43 bits per heavy atom. The van der Waals surface area contributed by atoms with E-state index >= 15 is 0 Å². The van der Waals surface area contributed by atoms with Gasteiger partial charge in [-0.3, -0.25) is 0 Å². The molecule has 0 spiro atoms. The molecule has 0 amide bonds. The van der Waals surface area contributed by atoms with Gasteiger partial charge in [0.05, 0.1) is 11.6 Å². The molecule has 0 heterocycles. The maximum absolute atomic E-state index is 9.72. The zero-order valence-corrected chi connectivity index (χ0v) is 9.48. The molecular formula is C11H15ClO2. The van der Waals surface area contributed by atoms with Crippen LogP contribution in [0.25, 0.3) is 0 Å². The number of phenols is 1. The van der Waals surface area contributed by atoms with Gasteiger partial charge in [0.25, 0.3) is 0 Å². The Morgan fingerprint density at radius 3 is 2.64 bits per heavy atom. The topological polar surface area (TPSA) is 29.5 Å². The van der Waals surface area contributed by atoms with Gasteiger partial charge in [-0.2, -0.15) is 0 Å². The zero-order chi connectivity index (χ0) is 10.7. The first kappa shape index (κ1) is 11.2. The summed E-state index contributed by atoms with van der Waals surface area (Å²) in [5.41, 5.74) is 1.60. The first-order chi connectivity index (χ1) is 6.57. The molecule has 1 N–H and O–H groups in total. The first-order valence-electron chi connectivity index (χ1n) is 4.69. The van der Waals surface area contributed by atoms with Crippen LogP contribution in [0.15, 0.2) is 6.07 Å². The van der Waals surface area contributed by atoms with Gasteiger partial charge < -0.3 is 9.84 Å². The van der Waals surface area contributed by atoms with Gasteiger partial charge in [0.15, 0.2) is 11.5 Å². The highest BCUT2D eigenvalue weighted by atomic mass is 35.5. The van der Waals surface area contributed by atoms with Crippen molar-refractivity contribution < 1.29 is 9.84 Å². The normalized spacial score (nSPS) is 10.3. The molecule has 0 aliphatic carbocycles. The van der Waals surface area contributed by atoms with Gasteiger partial charge in [0.2, 0.25) is 0 Å². The molecule has 1 aromatic carbocycles. The van der Waals surface area contributed by atoms with E-state index in [0.29, 0.717) is 22.9 Å². The summed E-state index contributed by atoms with van der Waals surface area (Å²) in [6.45, 7) is 6.30. The molecule has 1 aromatic rings. The SMILES string of the molecule is CCCOc1cc(C)c(Cl)c(C)c1O. The standard InChI is InChI=1S/C11H15ClO2/c1-4-5-14-9-6-7(2)10(12)8(3)11(9)13/h6,13H,4-5H2,1-3H3. The summed E-state index contributed by atoms with van der Waals surface area (Å²) in [4.78, 5) is 0. The molecule has 0 aliphatic heterocycles. The maximum atomic E-state index is 9.72. The van der Waals surface area contributed by atoms with Crippen LogP contribution in [0.1, 0.15) is 24.5 Å².